The summed E-state index contributed by atoms with van der Waals surface area (Å²) in [4.78, 5) is 16.8. The van der Waals surface area contributed by atoms with Crippen molar-refractivity contribution in [2.75, 3.05) is 31.7 Å². The van der Waals surface area contributed by atoms with Gasteiger partial charge in [-0.1, -0.05) is 6.92 Å². The van der Waals surface area contributed by atoms with Crippen LogP contribution >= 0.6 is 0 Å². The van der Waals surface area contributed by atoms with Gasteiger partial charge in [-0.25, -0.2) is 4.98 Å². The van der Waals surface area contributed by atoms with Crippen molar-refractivity contribution in [1.82, 2.24) is 4.98 Å². The van der Waals surface area contributed by atoms with E-state index >= 15 is 0 Å². The Morgan fingerprint density at radius 2 is 2.08 bits per heavy atom. The summed E-state index contributed by atoms with van der Waals surface area (Å²) in [6, 6.07) is 3.52. The number of anilines is 1. The van der Waals surface area contributed by atoms with E-state index in [0.29, 0.717) is 43.9 Å². The van der Waals surface area contributed by atoms with Crippen molar-refractivity contribution in [3.63, 3.8) is 0 Å². The van der Waals surface area contributed by atoms with Gasteiger partial charge in [0.1, 0.15) is 12.2 Å². The maximum Gasteiger partial charge on any atom is 0.256 e. The van der Waals surface area contributed by atoms with Crippen LogP contribution in [0.1, 0.15) is 40.0 Å². The molecule has 0 aromatic carbocycles. The molecule has 6 heteroatoms. The molecule has 1 fully saturated rings. The second kappa shape index (κ2) is 8.99. The number of carbonyl (C=O) groups excluding carboxylic acids is 1. The molecule has 0 bridgehead atoms. The average Bonchev–Trinajstić information content (AvgIpc) is 3.43. The number of hydrogen-bond acceptors (Lipinski definition) is 5. The molecule has 1 saturated carbocycles. The molecule has 1 amide bonds. The Balaban J connectivity index is 1.88. The van der Waals surface area contributed by atoms with Gasteiger partial charge in [-0.05, 0) is 45.1 Å². The third-order valence-corrected chi connectivity index (χ3v) is 4.09. The molecule has 24 heavy (non-hydrogen) atoms. The maximum absolute atomic E-state index is 12.6. The molecule has 1 aromatic heterocycles. The van der Waals surface area contributed by atoms with E-state index in [1.807, 2.05) is 20.8 Å². The Labute approximate surface area is 143 Å². The highest BCUT2D eigenvalue weighted by molar-refractivity contribution is 5.97. The molecule has 0 unspecified atom stereocenters. The van der Waals surface area contributed by atoms with Gasteiger partial charge < -0.3 is 19.5 Å². The van der Waals surface area contributed by atoms with Crippen LogP contribution < -0.4 is 10.1 Å². The Kier molecular flexibility index (Phi) is 6.99. The second-order valence-electron chi connectivity index (χ2n) is 6.11. The predicted octanol–water partition coefficient (Wildman–Crippen LogP) is 3.03. The van der Waals surface area contributed by atoms with Crippen LogP contribution in [0.4, 0.5) is 5.69 Å². The van der Waals surface area contributed by atoms with Crippen molar-refractivity contribution in [1.29, 1.82) is 0 Å². The van der Waals surface area contributed by atoms with Crippen molar-refractivity contribution < 1.29 is 19.0 Å². The summed E-state index contributed by atoms with van der Waals surface area (Å²) in [5.74, 6) is 0.711. The summed E-state index contributed by atoms with van der Waals surface area (Å²) in [7, 11) is 0. The number of nitrogens with zero attached hydrogens (tertiary/aromatic N) is 1. The zero-order chi connectivity index (χ0) is 17.4. The fourth-order valence-electron chi connectivity index (χ4n) is 2.46. The van der Waals surface area contributed by atoms with Gasteiger partial charge in [-0.3, -0.25) is 4.79 Å². The minimum atomic E-state index is -0.761. The van der Waals surface area contributed by atoms with Crippen LogP contribution in [0.3, 0.4) is 0 Å². The van der Waals surface area contributed by atoms with Gasteiger partial charge in [0.2, 0.25) is 5.88 Å². The van der Waals surface area contributed by atoms with Crippen LogP contribution in [0, 0.1) is 5.92 Å². The largest absolute Gasteiger partial charge is 0.475 e. The number of hydrogen-bond donors (Lipinski definition) is 1. The van der Waals surface area contributed by atoms with Crippen molar-refractivity contribution in [2.45, 2.75) is 45.6 Å². The number of amides is 1. The molecular formula is C18H28N2O4. The highest BCUT2D eigenvalue weighted by Gasteiger charge is 2.48. The summed E-state index contributed by atoms with van der Waals surface area (Å²) in [5, 5.41) is 2.91. The highest BCUT2D eigenvalue weighted by atomic mass is 16.5. The summed E-state index contributed by atoms with van der Waals surface area (Å²) in [5.41, 5.74) is -0.119. The Morgan fingerprint density at radius 1 is 1.29 bits per heavy atom. The summed E-state index contributed by atoms with van der Waals surface area (Å²) >= 11 is 0. The lowest BCUT2D eigenvalue weighted by molar-refractivity contribution is -0.142. The number of pyridine rings is 1. The quantitative estimate of drug-likeness (QED) is 0.629. The van der Waals surface area contributed by atoms with E-state index in [2.05, 4.69) is 10.3 Å². The van der Waals surface area contributed by atoms with Gasteiger partial charge >= 0.3 is 0 Å². The molecule has 1 aromatic rings. The lowest BCUT2D eigenvalue weighted by atomic mass is 9.99. The molecule has 2 rings (SSSR count). The van der Waals surface area contributed by atoms with Crippen LogP contribution in [-0.4, -0.2) is 42.9 Å². The molecule has 1 atom stereocenters. The first kappa shape index (κ1) is 18.7. The molecule has 0 aliphatic heterocycles. The molecule has 1 aliphatic rings. The lowest BCUT2D eigenvalue weighted by Gasteiger charge is -2.28. The SMILES string of the molecule is CCCO[C@](C)(C(=O)Nc1ccc(OCCOCC)nc1)C1CC1. The Bertz CT molecular complexity index is 516. The lowest BCUT2D eigenvalue weighted by Crippen LogP contribution is -2.45. The molecule has 6 nitrogen and oxygen atoms in total. The molecule has 1 N–H and O–H groups in total. The molecule has 0 saturated heterocycles. The van der Waals surface area contributed by atoms with Gasteiger partial charge in [0.05, 0.1) is 18.5 Å². The minimum Gasteiger partial charge on any atom is -0.475 e. The van der Waals surface area contributed by atoms with Crippen molar-refractivity contribution in [3.8, 4) is 5.88 Å². The third kappa shape index (κ3) is 5.18. The number of aromatic nitrogens is 1. The first-order chi connectivity index (χ1) is 11.6. The van der Waals surface area contributed by atoms with Gasteiger partial charge in [-0.2, -0.15) is 0 Å². The summed E-state index contributed by atoms with van der Waals surface area (Å²) < 4.78 is 16.5. The third-order valence-electron chi connectivity index (χ3n) is 4.09. The zero-order valence-electron chi connectivity index (χ0n) is 14.8. The van der Waals surface area contributed by atoms with Crippen LogP contribution in [0.5, 0.6) is 5.88 Å². The van der Waals surface area contributed by atoms with E-state index in [-0.39, 0.29) is 5.91 Å². The Morgan fingerprint density at radius 3 is 2.67 bits per heavy atom. The molecule has 1 aliphatic carbocycles. The first-order valence-corrected chi connectivity index (χ1v) is 8.72. The summed E-state index contributed by atoms with van der Waals surface area (Å²) in [6.07, 6.45) is 4.57. The number of carbonyl (C=O) groups is 1. The monoisotopic (exact) mass is 336 g/mol. The molecule has 134 valence electrons. The van der Waals surface area contributed by atoms with Gasteiger partial charge in [0.25, 0.3) is 5.91 Å². The van der Waals surface area contributed by atoms with Gasteiger partial charge in [-0.15, -0.1) is 0 Å². The fraction of sp³-hybridized carbons (Fsp3) is 0.667. The predicted molar refractivity (Wildman–Crippen MR) is 92.2 cm³/mol. The molecule has 0 spiro atoms. The topological polar surface area (TPSA) is 69.7 Å². The van der Waals surface area contributed by atoms with E-state index < -0.39 is 5.60 Å². The van der Waals surface area contributed by atoms with Crippen LogP contribution in [0.2, 0.25) is 0 Å². The second-order valence-corrected chi connectivity index (χ2v) is 6.11. The van der Waals surface area contributed by atoms with Crippen LogP contribution in [-0.2, 0) is 14.3 Å². The fourth-order valence-corrected chi connectivity index (χ4v) is 2.46. The van der Waals surface area contributed by atoms with Crippen LogP contribution in [0.15, 0.2) is 18.3 Å². The van der Waals surface area contributed by atoms with E-state index in [0.717, 1.165) is 19.3 Å². The number of nitrogens with one attached hydrogen (secondary N) is 1. The molecule has 1 heterocycles. The summed E-state index contributed by atoms with van der Waals surface area (Å²) in [6.45, 7) is 8.11. The highest BCUT2D eigenvalue weighted by Crippen LogP contribution is 2.42. The molecule has 0 radical (unpaired) electrons. The minimum absolute atomic E-state index is 0.106. The van der Waals surface area contributed by atoms with Gasteiger partial charge in [0, 0.05) is 19.3 Å². The first-order valence-electron chi connectivity index (χ1n) is 8.72. The van der Waals surface area contributed by atoms with E-state index in [1.165, 1.54) is 0 Å². The van der Waals surface area contributed by atoms with E-state index in [9.17, 15) is 4.79 Å². The van der Waals surface area contributed by atoms with Gasteiger partial charge in [0.15, 0.2) is 0 Å². The maximum atomic E-state index is 12.6. The number of rotatable bonds is 11. The standard InChI is InChI=1S/C18H28N2O4/c1-4-10-24-18(3,14-6-7-14)17(21)20-15-8-9-16(19-13-15)23-12-11-22-5-2/h8-9,13-14H,4-7,10-12H2,1-3H3,(H,20,21)/t18-/m0/s1. The van der Waals surface area contributed by atoms with Crippen molar-refractivity contribution in [2.24, 2.45) is 5.92 Å². The van der Waals surface area contributed by atoms with Crippen LogP contribution in [0.25, 0.3) is 0 Å². The normalized spacial score (nSPS) is 16.5. The van der Waals surface area contributed by atoms with E-state index in [1.54, 1.807) is 18.3 Å². The van der Waals surface area contributed by atoms with Crippen molar-refractivity contribution in [3.05, 3.63) is 18.3 Å². The Hall–Kier alpha value is -1.66. The zero-order valence-corrected chi connectivity index (χ0v) is 14.8. The smallest absolute Gasteiger partial charge is 0.256 e. The van der Waals surface area contributed by atoms with E-state index in [4.69, 9.17) is 14.2 Å². The van der Waals surface area contributed by atoms with Crippen molar-refractivity contribution >= 4 is 11.6 Å². The average molecular weight is 336 g/mol. The number of ether oxygens (including phenoxy) is 3. The molecular weight excluding hydrogens is 308 g/mol.